The first-order valence-electron chi connectivity index (χ1n) is 8.83. The second kappa shape index (κ2) is 9.62. The van der Waals surface area contributed by atoms with Crippen molar-refractivity contribution < 1.29 is 9.59 Å². The van der Waals surface area contributed by atoms with Crippen LogP contribution in [0.5, 0.6) is 0 Å². The zero-order valence-corrected chi connectivity index (χ0v) is 15.0. The Morgan fingerprint density at radius 1 is 0.920 bits per heavy atom. The average Bonchev–Trinajstić information content (AvgIpc) is 2.65. The molecule has 0 radical (unpaired) electrons. The summed E-state index contributed by atoms with van der Waals surface area (Å²) in [6.07, 6.45) is 1.68. The van der Waals surface area contributed by atoms with E-state index in [9.17, 15) is 9.59 Å². The first-order chi connectivity index (χ1) is 12.2. The van der Waals surface area contributed by atoms with Crippen molar-refractivity contribution in [1.82, 2.24) is 10.2 Å². The van der Waals surface area contributed by atoms with Gasteiger partial charge >= 0.3 is 0 Å². The van der Waals surface area contributed by atoms with E-state index >= 15 is 0 Å². The van der Waals surface area contributed by atoms with Crippen LogP contribution in [0.25, 0.3) is 0 Å². The highest BCUT2D eigenvalue weighted by Crippen LogP contribution is 2.15. The van der Waals surface area contributed by atoms with Gasteiger partial charge in [-0.3, -0.25) is 9.59 Å². The Bertz CT molecular complexity index is 698. The molecule has 4 heteroatoms. The number of rotatable bonds is 8. The molecule has 0 atom stereocenters. The fourth-order valence-electron chi connectivity index (χ4n) is 2.79. The third-order valence-corrected chi connectivity index (χ3v) is 4.15. The Hall–Kier alpha value is -2.62. The lowest BCUT2D eigenvalue weighted by molar-refractivity contribution is -0.121. The minimum atomic E-state index is -0.125. The van der Waals surface area contributed by atoms with Gasteiger partial charge in [0.1, 0.15) is 0 Å². The molecule has 0 heterocycles. The fraction of sp³-hybridized carbons (Fsp3) is 0.333. The summed E-state index contributed by atoms with van der Waals surface area (Å²) in [5.74, 6) is -0.211. The van der Waals surface area contributed by atoms with Gasteiger partial charge in [-0.05, 0) is 43.9 Å². The highest BCUT2D eigenvalue weighted by molar-refractivity contribution is 5.97. The van der Waals surface area contributed by atoms with Crippen LogP contribution in [0.1, 0.15) is 35.3 Å². The molecule has 0 aromatic heterocycles. The van der Waals surface area contributed by atoms with Crippen LogP contribution < -0.4 is 5.32 Å². The van der Waals surface area contributed by atoms with Crippen molar-refractivity contribution in [2.24, 2.45) is 0 Å². The first kappa shape index (κ1) is 18.7. The molecule has 0 spiro atoms. The predicted octanol–water partition coefficient (Wildman–Crippen LogP) is 3.07. The summed E-state index contributed by atoms with van der Waals surface area (Å²) >= 11 is 0. The zero-order chi connectivity index (χ0) is 18.1. The van der Waals surface area contributed by atoms with Crippen LogP contribution in [-0.4, -0.2) is 36.3 Å². The van der Waals surface area contributed by atoms with E-state index in [0.717, 1.165) is 18.4 Å². The van der Waals surface area contributed by atoms with E-state index in [1.807, 2.05) is 56.3 Å². The Kier molecular flexibility index (Phi) is 7.20. The van der Waals surface area contributed by atoms with Crippen LogP contribution in [0.3, 0.4) is 0 Å². The minimum absolute atomic E-state index is 0.0857. The van der Waals surface area contributed by atoms with Crippen LogP contribution in [0.2, 0.25) is 0 Å². The van der Waals surface area contributed by atoms with Crippen molar-refractivity contribution in [2.45, 2.75) is 26.7 Å². The topological polar surface area (TPSA) is 49.4 Å². The average molecular weight is 338 g/mol. The molecule has 1 N–H and O–H groups in total. The van der Waals surface area contributed by atoms with Crippen molar-refractivity contribution in [2.75, 3.05) is 19.6 Å². The summed E-state index contributed by atoms with van der Waals surface area (Å²) in [6.45, 7) is 4.93. The maximum atomic E-state index is 12.9. The van der Waals surface area contributed by atoms with Gasteiger partial charge < -0.3 is 10.2 Å². The van der Waals surface area contributed by atoms with Crippen molar-refractivity contribution in [3.63, 3.8) is 0 Å². The number of nitrogens with one attached hydrogen (secondary N) is 1. The molecule has 0 fully saturated rings. The van der Waals surface area contributed by atoms with Gasteiger partial charge in [0.05, 0.1) is 6.54 Å². The van der Waals surface area contributed by atoms with Gasteiger partial charge in [-0.25, -0.2) is 0 Å². The molecular formula is C21H26N2O2. The van der Waals surface area contributed by atoms with Crippen LogP contribution in [0.4, 0.5) is 0 Å². The Morgan fingerprint density at radius 2 is 1.60 bits per heavy atom. The molecule has 0 unspecified atom stereocenters. The Labute approximate surface area is 149 Å². The molecule has 2 amide bonds. The van der Waals surface area contributed by atoms with E-state index < -0.39 is 0 Å². The Balaban J connectivity index is 2.12. The van der Waals surface area contributed by atoms with Gasteiger partial charge in [-0.2, -0.15) is 0 Å². The molecule has 0 bridgehead atoms. The van der Waals surface area contributed by atoms with E-state index in [1.165, 1.54) is 5.56 Å². The Morgan fingerprint density at radius 3 is 2.28 bits per heavy atom. The second-order valence-electron chi connectivity index (χ2n) is 5.92. The van der Waals surface area contributed by atoms with E-state index in [4.69, 9.17) is 0 Å². The summed E-state index contributed by atoms with van der Waals surface area (Å²) in [4.78, 5) is 26.3. The smallest absolute Gasteiger partial charge is 0.254 e. The molecule has 0 aliphatic carbocycles. The van der Waals surface area contributed by atoms with Crippen molar-refractivity contribution in [3.8, 4) is 0 Å². The minimum Gasteiger partial charge on any atom is -0.355 e. The molecule has 0 saturated heterocycles. The van der Waals surface area contributed by atoms with Crippen molar-refractivity contribution in [1.29, 1.82) is 0 Å². The van der Waals surface area contributed by atoms with E-state index in [0.29, 0.717) is 18.7 Å². The monoisotopic (exact) mass is 338 g/mol. The van der Waals surface area contributed by atoms with Gasteiger partial charge in [-0.15, -0.1) is 0 Å². The number of amides is 2. The van der Waals surface area contributed by atoms with Crippen LogP contribution in [-0.2, 0) is 17.6 Å². The largest absolute Gasteiger partial charge is 0.355 e. The summed E-state index contributed by atoms with van der Waals surface area (Å²) in [5, 5.41) is 2.75. The molecule has 2 aromatic carbocycles. The highest BCUT2D eigenvalue weighted by Gasteiger charge is 2.19. The standard InChI is InChI=1S/C21H26N2O2/c1-3-22-20(24)16-23(4-2)21(25)19-13-9-8-12-18(19)15-14-17-10-6-5-7-11-17/h5-13H,3-4,14-16H2,1-2H3,(H,22,24). The maximum absolute atomic E-state index is 12.9. The number of carbonyl (C=O) groups is 2. The number of aryl methyl sites for hydroxylation is 2. The quantitative estimate of drug-likeness (QED) is 0.804. The highest BCUT2D eigenvalue weighted by atomic mass is 16.2. The number of likely N-dealkylation sites (N-methyl/N-ethyl adjacent to an activating group) is 2. The van der Waals surface area contributed by atoms with Crippen LogP contribution in [0.15, 0.2) is 54.6 Å². The lowest BCUT2D eigenvalue weighted by Crippen LogP contribution is -2.40. The second-order valence-corrected chi connectivity index (χ2v) is 5.92. The van der Waals surface area contributed by atoms with E-state index in [1.54, 1.807) is 4.90 Å². The lowest BCUT2D eigenvalue weighted by Gasteiger charge is -2.21. The number of nitrogens with zero attached hydrogens (tertiary/aromatic N) is 1. The number of carbonyl (C=O) groups excluding carboxylic acids is 2. The molecule has 4 nitrogen and oxygen atoms in total. The van der Waals surface area contributed by atoms with Gasteiger partial charge in [0.2, 0.25) is 5.91 Å². The van der Waals surface area contributed by atoms with Crippen LogP contribution >= 0.6 is 0 Å². The van der Waals surface area contributed by atoms with Crippen molar-refractivity contribution >= 4 is 11.8 Å². The predicted molar refractivity (Wildman–Crippen MR) is 101 cm³/mol. The van der Waals surface area contributed by atoms with Crippen molar-refractivity contribution in [3.05, 3.63) is 71.3 Å². The van der Waals surface area contributed by atoms with E-state index in [2.05, 4.69) is 17.4 Å². The summed E-state index contributed by atoms with van der Waals surface area (Å²) in [7, 11) is 0. The number of hydrogen-bond donors (Lipinski definition) is 1. The van der Waals surface area contributed by atoms with Crippen LogP contribution in [0, 0.1) is 0 Å². The molecule has 25 heavy (non-hydrogen) atoms. The SMILES string of the molecule is CCNC(=O)CN(CC)C(=O)c1ccccc1CCc1ccccc1. The molecule has 0 aliphatic heterocycles. The third-order valence-electron chi connectivity index (χ3n) is 4.15. The molecule has 132 valence electrons. The first-order valence-corrected chi connectivity index (χ1v) is 8.83. The molecular weight excluding hydrogens is 312 g/mol. The summed E-state index contributed by atoms with van der Waals surface area (Å²) < 4.78 is 0. The number of hydrogen-bond acceptors (Lipinski definition) is 2. The van der Waals surface area contributed by atoms with Gasteiger partial charge in [0.25, 0.3) is 5.91 Å². The summed E-state index contributed by atoms with van der Waals surface area (Å²) in [5.41, 5.74) is 2.95. The van der Waals surface area contributed by atoms with Gasteiger partial charge in [-0.1, -0.05) is 48.5 Å². The normalized spacial score (nSPS) is 10.3. The fourth-order valence-corrected chi connectivity index (χ4v) is 2.79. The number of benzene rings is 2. The summed E-state index contributed by atoms with van der Waals surface area (Å²) in [6, 6.07) is 17.9. The lowest BCUT2D eigenvalue weighted by atomic mass is 9.99. The molecule has 0 saturated carbocycles. The third kappa shape index (κ3) is 5.45. The molecule has 2 rings (SSSR count). The zero-order valence-electron chi connectivity index (χ0n) is 15.0. The molecule has 2 aromatic rings. The van der Waals surface area contributed by atoms with Gasteiger partial charge in [0, 0.05) is 18.7 Å². The maximum Gasteiger partial charge on any atom is 0.254 e. The molecule has 0 aliphatic rings. The van der Waals surface area contributed by atoms with Gasteiger partial charge in [0.15, 0.2) is 0 Å². The van der Waals surface area contributed by atoms with E-state index in [-0.39, 0.29) is 18.4 Å².